The van der Waals surface area contributed by atoms with Crippen LogP contribution in [-0.2, 0) is 0 Å². The molecule has 0 spiro atoms. The van der Waals surface area contributed by atoms with Gasteiger partial charge < -0.3 is 15.7 Å². The number of rotatable bonds is 3. The Labute approximate surface area is 124 Å². The van der Waals surface area contributed by atoms with Crippen molar-refractivity contribution in [1.82, 2.24) is 19.7 Å². The Hall–Kier alpha value is -1.67. The second-order valence-electron chi connectivity index (χ2n) is 4.67. The predicted octanol–water partition coefficient (Wildman–Crippen LogP) is 0.968. The Kier molecular flexibility index (Phi) is 3.58. The lowest BCUT2D eigenvalue weighted by molar-refractivity contribution is 0.266. The van der Waals surface area contributed by atoms with E-state index in [2.05, 4.69) is 35.9 Å². The van der Waals surface area contributed by atoms with Gasteiger partial charge in [-0.3, -0.25) is 0 Å². The molecule has 3 rings (SSSR count). The molecule has 2 aromatic heterocycles. The third-order valence-corrected chi connectivity index (χ3v) is 4.18. The summed E-state index contributed by atoms with van der Waals surface area (Å²) in [4.78, 5) is 10.8. The number of halogens is 1. The molecule has 1 aliphatic rings. The number of hydrogen-bond donors (Lipinski definition) is 2. The zero-order chi connectivity index (χ0) is 14.1. The van der Waals surface area contributed by atoms with Crippen molar-refractivity contribution < 1.29 is 5.11 Å². The molecule has 3 heterocycles. The standard InChI is InChI=1S/C12H15BrN6O/c13-9-10(14)16-12(19-6-2-4-15-19)17-11(9)18-5-1-3-8(18)7-20/h2,4,6,8,20H,1,3,5,7H2,(H2,14,16,17)/t8-/m1/s1. The summed E-state index contributed by atoms with van der Waals surface area (Å²) in [5, 5.41) is 13.6. The zero-order valence-corrected chi connectivity index (χ0v) is 12.4. The summed E-state index contributed by atoms with van der Waals surface area (Å²) < 4.78 is 2.23. The van der Waals surface area contributed by atoms with E-state index in [4.69, 9.17) is 5.73 Å². The first kappa shape index (κ1) is 13.3. The largest absolute Gasteiger partial charge is 0.394 e. The molecule has 8 heteroatoms. The lowest BCUT2D eigenvalue weighted by Crippen LogP contribution is -2.33. The summed E-state index contributed by atoms with van der Waals surface area (Å²) in [7, 11) is 0. The highest BCUT2D eigenvalue weighted by Crippen LogP contribution is 2.33. The summed E-state index contributed by atoms with van der Waals surface area (Å²) in [6.07, 6.45) is 5.40. The third kappa shape index (κ3) is 2.25. The molecule has 0 aromatic carbocycles. The molecule has 3 N–H and O–H groups in total. The number of nitrogens with zero attached hydrogens (tertiary/aromatic N) is 5. The first-order chi connectivity index (χ1) is 9.70. The lowest BCUT2D eigenvalue weighted by Gasteiger charge is -2.25. The van der Waals surface area contributed by atoms with E-state index in [1.165, 1.54) is 0 Å². The van der Waals surface area contributed by atoms with Crippen molar-refractivity contribution in [2.75, 3.05) is 23.8 Å². The van der Waals surface area contributed by atoms with Crippen LogP contribution in [0.2, 0.25) is 0 Å². The smallest absolute Gasteiger partial charge is 0.254 e. The fraction of sp³-hybridized carbons (Fsp3) is 0.417. The Balaban J connectivity index is 2.06. The number of aliphatic hydroxyl groups is 1. The van der Waals surface area contributed by atoms with Gasteiger partial charge in [0.15, 0.2) is 5.82 Å². The molecule has 0 aliphatic carbocycles. The second kappa shape index (κ2) is 5.37. The van der Waals surface area contributed by atoms with Gasteiger partial charge in [0.1, 0.15) is 10.3 Å². The van der Waals surface area contributed by atoms with E-state index in [1.807, 2.05) is 0 Å². The average molecular weight is 339 g/mol. The highest BCUT2D eigenvalue weighted by atomic mass is 79.9. The molecule has 0 saturated carbocycles. The molecular weight excluding hydrogens is 324 g/mol. The van der Waals surface area contributed by atoms with E-state index in [1.54, 1.807) is 23.1 Å². The minimum Gasteiger partial charge on any atom is -0.394 e. The molecule has 0 amide bonds. The monoisotopic (exact) mass is 338 g/mol. The van der Waals surface area contributed by atoms with E-state index < -0.39 is 0 Å². The average Bonchev–Trinajstić information content (AvgIpc) is 3.11. The van der Waals surface area contributed by atoms with Gasteiger partial charge in [-0.25, -0.2) is 4.68 Å². The molecule has 1 atom stereocenters. The van der Waals surface area contributed by atoms with E-state index >= 15 is 0 Å². The Morgan fingerprint density at radius 3 is 3.00 bits per heavy atom. The summed E-state index contributed by atoms with van der Waals surface area (Å²) >= 11 is 3.44. The van der Waals surface area contributed by atoms with Crippen LogP contribution in [0.3, 0.4) is 0 Å². The number of nitrogens with two attached hydrogens (primary N) is 1. The van der Waals surface area contributed by atoms with Crippen LogP contribution in [0.15, 0.2) is 22.9 Å². The summed E-state index contributed by atoms with van der Waals surface area (Å²) in [6.45, 7) is 0.951. The van der Waals surface area contributed by atoms with Crippen LogP contribution in [-0.4, -0.2) is 44.0 Å². The molecule has 20 heavy (non-hydrogen) atoms. The molecule has 0 unspecified atom stereocenters. The normalized spacial score (nSPS) is 18.7. The number of aliphatic hydroxyl groups excluding tert-OH is 1. The SMILES string of the molecule is Nc1nc(-n2cccn2)nc(N2CCC[C@@H]2CO)c1Br. The minimum absolute atomic E-state index is 0.0751. The lowest BCUT2D eigenvalue weighted by atomic mass is 10.2. The van der Waals surface area contributed by atoms with Gasteiger partial charge in [0, 0.05) is 18.9 Å². The highest BCUT2D eigenvalue weighted by molar-refractivity contribution is 9.10. The maximum absolute atomic E-state index is 9.46. The van der Waals surface area contributed by atoms with Crippen molar-refractivity contribution >= 4 is 27.6 Å². The van der Waals surface area contributed by atoms with Crippen LogP contribution in [0.25, 0.3) is 5.95 Å². The summed E-state index contributed by atoms with van der Waals surface area (Å²) in [6, 6.07) is 1.87. The Bertz CT molecular complexity index is 602. The van der Waals surface area contributed by atoms with Crippen LogP contribution in [0.5, 0.6) is 0 Å². The van der Waals surface area contributed by atoms with Gasteiger partial charge in [-0.15, -0.1) is 0 Å². The second-order valence-corrected chi connectivity index (χ2v) is 5.46. The highest BCUT2D eigenvalue weighted by Gasteiger charge is 2.28. The van der Waals surface area contributed by atoms with Crippen molar-refractivity contribution in [3.05, 3.63) is 22.9 Å². The van der Waals surface area contributed by atoms with Crippen LogP contribution in [0.1, 0.15) is 12.8 Å². The van der Waals surface area contributed by atoms with E-state index in [-0.39, 0.29) is 12.6 Å². The van der Waals surface area contributed by atoms with Gasteiger partial charge in [0.05, 0.1) is 12.6 Å². The number of hydrogen-bond acceptors (Lipinski definition) is 6. The molecule has 1 saturated heterocycles. The van der Waals surface area contributed by atoms with Gasteiger partial charge in [-0.05, 0) is 34.8 Å². The van der Waals surface area contributed by atoms with Crippen molar-refractivity contribution in [3.8, 4) is 5.95 Å². The summed E-state index contributed by atoms with van der Waals surface area (Å²) in [5.41, 5.74) is 5.95. The van der Waals surface area contributed by atoms with Gasteiger partial charge >= 0.3 is 0 Å². The Morgan fingerprint density at radius 2 is 2.30 bits per heavy atom. The van der Waals surface area contributed by atoms with Gasteiger partial charge in [-0.2, -0.15) is 15.1 Å². The fourth-order valence-corrected chi connectivity index (χ4v) is 2.83. The van der Waals surface area contributed by atoms with Gasteiger partial charge in [-0.1, -0.05) is 0 Å². The van der Waals surface area contributed by atoms with E-state index in [9.17, 15) is 5.11 Å². The van der Waals surface area contributed by atoms with E-state index in [0.29, 0.717) is 22.1 Å². The molecule has 1 aliphatic heterocycles. The quantitative estimate of drug-likeness (QED) is 0.866. The van der Waals surface area contributed by atoms with Crippen molar-refractivity contribution in [2.24, 2.45) is 0 Å². The Morgan fingerprint density at radius 1 is 1.45 bits per heavy atom. The molecule has 0 bridgehead atoms. The fourth-order valence-electron chi connectivity index (χ4n) is 2.42. The van der Waals surface area contributed by atoms with Gasteiger partial charge in [0.2, 0.25) is 0 Å². The summed E-state index contributed by atoms with van der Waals surface area (Å²) in [5.74, 6) is 1.50. The first-order valence-electron chi connectivity index (χ1n) is 6.41. The predicted molar refractivity (Wildman–Crippen MR) is 78.7 cm³/mol. The van der Waals surface area contributed by atoms with Crippen LogP contribution in [0, 0.1) is 0 Å². The topological polar surface area (TPSA) is 93.1 Å². The molecule has 106 valence electrons. The zero-order valence-electron chi connectivity index (χ0n) is 10.8. The molecule has 0 radical (unpaired) electrons. The molecule has 1 fully saturated rings. The molecule has 2 aromatic rings. The van der Waals surface area contributed by atoms with Crippen molar-refractivity contribution in [2.45, 2.75) is 18.9 Å². The van der Waals surface area contributed by atoms with Crippen LogP contribution in [0.4, 0.5) is 11.6 Å². The minimum atomic E-state index is 0.0751. The number of aromatic nitrogens is 4. The van der Waals surface area contributed by atoms with Crippen molar-refractivity contribution in [1.29, 1.82) is 0 Å². The maximum atomic E-state index is 9.46. The van der Waals surface area contributed by atoms with Crippen molar-refractivity contribution in [3.63, 3.8) is 0 Å². The van der Waals surface area contributed by atoms with Crippen LogP contribution >= 0.6 is 15.9 Å². The van der Waals surface area contributed by atoms with E-state index in [0.717, 1.165) is 19.4 Å². The molecular formula is C12H15BrN6O. The number of anilines is 2. The number of nitrogen functional groups attached to an aromatic ring is 1. The van der Waals surface area contributed by atoms with Crippen LogP contribution < -0.4 is 10.6 Å². The molecule has 7 nitrogen and oxygen atoms in total. The first-order valence-corrected chi connectivity index (χ1v) is 7.20. The maximum Gasteiger partial charge on any atom is 0.254 e. The van der Waals surface area contributed by atoms with Gasteiger partial charge in [0.25, 0.3) is 5.95 Å². The third-order valence-electron chi connectivity index (χ3n) is 3.42.